The Morgan fingerprint density at radius 1 is 1.05 bits per heavy atom. The number of hydrogen-bond donors (Lipinski definition) is 3. The number of fused-ring (bicyclic) bond motifs is 1. The van der Waals surface area contributed by atoms with Crippen LogP contribution in [-0.2, 0) is 16.6 Å². The number of furan rings is 1. The first-order valence-corrected chi connectivity index (χ1v) is 14.7. The van der Waals surface area contributed by atoms with E-state index >= 15 is 0 Å². The zero-order valence-electron chi connectivity index (χ0n) is 24.4. The van der Waals surface area contributed by atoms with Crippen LogP contribution in [0, 0.1) is 0 Å². The van der Waals surface area contributed by atoms with Gasteiger partial charge in [-0.25, -0.2) is 4.79 Å². The topological polar surface area (TPSA) is 117 Å². The number of anilines is 1. The highest BCUT2D eigenvalue weighted by atomic mass is 16.4. The number of nitrogens with zero attached hydrogens (tertiary/aromatic N) is 2. The number of aromatic nitrogens is 1. The van der Waals surface area contributed by atoms with Gasteiger partial charge in [-0.2, -0.15) is 0 Å². The van der Waals surface area contributed by atoms with E-state index in [0.717, 1.165) is 41.1 Å². The Bertz CT molecular complexity index is 1700. The van der Waals surface area contributed by atoms with Gasteiger partial charge in [0.1, 0.15) is 5.54 Å². The quantitative estimate of drug-likeness (QED) is 0.233. The predicted octanol–water partition coefficient (Wildman–Crippen LogP) is 5.64. The lowest BCUT2D eigenvalue weighted by atomic mass is 9.92. The van der Waals surface area contributed by atoms with Gasteiger partial charge in [0.15, 0.2) is 0 Å². The first-order valence-electron chi connectivity index (χ1n) is 14.7. The summed E-state index contributed by atoms with van der Waals surface area (Å²) in [5.41, 5.74) is 5.12. The van der Waals surface area contributed by atoms with Crippen LogP contribution < -0.4 is 10.6 Å². The van der Waals surface area contributed by atoms with E-state index in [1.54, 1.807) is 36.8 Å². The molecule has 222 valence electrons. The monoisotopic (exact) mass is 580 g/mol. The Hall–Kier alpha value is -4.63. The van der Waals surface area contributed by atoms with Gasteiger partial charge in [0.2, 0.25) is 0 Å². The van der Waals surface area contributed by atoms with Crippen LogP contribution in [-0.4, -0.2) is 58.0 Å². The van der Waals surface area contributed by atoms with Crippen LogP contribution in [0.4, 0.5) is 5.69 Å². The van der Waals surface area contributed by atoms with Crippen molar-refractivity contribution in [3.63, 3.8) is 0 Å². The zero-order chi connectivity index (χ0) is 30.1. The van der Waals surface area contributed by atoms with E-state index in [2.05, 4.69) is 21.3 Å². The van der Waals surface area contributed by atoms with Crippen LogP contribution in [0.5, 0.6) is 0 Å². The third kappa shape index (κ3) is 5.60. The van der Waals surface area contributed by atoms with E-state index in [-0.39, 0.29) is 11.8 Å². The molecule has 1 aliphatic carbocycles. The minimum absolute atomic E-state index is 0.287. The highest BCUT2D eigenvalue weighted by Gasteiger charge is 2.45. The molecule has 0 unspecified atom stereocenters. The average Bonchev–Trinajstić information content (AvgIpc) is 3.81. The zero-order valence-corrected chi connectivity index (χ0v) is 24.4. The van der Waals surface area contributed by atoms with Gasteiger partial charge < -0.3 is 29.6 Å². The van der Waals surface area contributed by atoms with E-state index in [0.29, 0.717) is 42.2 Å². The van der Waals surface area contributed by atoms with Crippen molar-refractivity contribution in [1.29, 1.82) is 0 Å². The van der Waals surface area contributed by atoms with Crippen molar-refractivity contribution >= 4 is 40.4 Å². The lowest BCUT2D eigenvalue weighted by Crippen LogP contribution is -2.58. The molecule has 1 aliphatic heterocycles. The molecule has 43 heavy (non-hydrogen) atoms. The first-order chi connectivity index (χ1) is 20.7. The Kier molecular flexibility index (Phi) is 7.66. The van der Waals surface area contributed by atoms with Crippen molar-refractivity contribution in [3.8, 4) is 11.3 Å². The molecule has 0 radical (unpaired) electrons. The van der Waals surface area contributed by atoms with Crippen LogP contribution in [0.25, 0.3) is 28.2 Å². The molecule has 2 aromatic heterocycles. The second-order valence-corrected chi connectivity index (χ2v) is 11.8. The minimum atomic E-state index is -1.10. The molecular formula is C34H36N4O5. The smallest absolute Gasteiger partial charge is 0.328 e. The number of carbonyl (C=O) groups excluding carboxylic acids is 2. The van der Waals surface area contributed by atoms with Crippen molar-refractivity contribution < 1.29 is 23.9 Å². The lowest BCUT2D eigenvalue weighted by Gasteiger charge is -2.29. The number of likely N-dealkylation sites (tertiary alicyclic amines) is 1. The van der Waals surface area contributed by atoms with Crippen LogP contribution in [0.3, 0.4) is 0 Å². The molecule has 9 nitrogen and oxygen atoms in total. The number of aliphatic carboxylic acids is 1. The highest BCUT2D eigenvalue weighted by Crippen LogP contribution is 2.44. The molecule has 4 aromatic rings. The number of amides is 2. The predicted molar refractivity (Wildman–Crippen MR) is 166 cm³/mol. The minimum Gasteiger partial charge on any atom is -0.478 e. The number of aryl methyl sites for hydroxylation is 1. The number of carboxylic acid groups (broad SMARTS) is 1. The van der Waals surface area contributed by atoms with Gasteiger partial charge in [-0.3, -0.25) is 9.59 Å². The molecule has 1 saturated heterocycles. The Morgan fingerprint density at radius 3 is 2.47 bits per heavy atom. The molecule has 2 amide bonds. The SMILES string of the molecule is CN1CC[C@@](NC(=O)c2ccc3c(C4CCCC4)c(-c4ccoc4)n(C)c3c2)(C(=O)Nc2ccc(/C=C/C(=O)O)cc2)C1. The molecular weight excluding hydrogens is 544 g/mol. The molecule has 1 saturated carbocycles. The standard InChI is InChI=1S/C34H36N4O5/c1-37-17-16-34(21-37,33(42)35-26-11-7-22(8-12-26)9-14-29(39)40)36-32(41)24-10-13-27-28(19-24)38(2)31(25-15-18-43-20-25)30(27)23-5-3-4-6-23/h7-15,18-20,23H,3-6,16-17,21H2,1-2H3,(H,35,42)(H,36,41)(H,39,40)/b14-9+/t34-/m0/s1. The fourth-order valence-electron chi connectivity index (χ4n) is 6.71. The molecule has 2 aliphatic rings. The summed E-state index contributed by atoms with van der Waals surface area (Å²) in [5, 5.41) is 16.1. The maximum Gasteiger partial charge on any atom is 0.328 e. The molecule has 3 heterocycles. The average molecular weight is 581 g/mol. The number of carboxylic acids is 1. The van der Waals surface area contributed by atoms with Crippen molar-refractivity contribution in [3.05, 3.63) is 83.8 Å². The van der Waals surface area contributed by atoms with E-state index < -0.39 is 11.5 Å². The number of carbonyl (C=O) groups is 3. The Labute approximate surface area is 250 Å². The van der Waals surface area contributed by atoms with Gasteiger partial charge >= 0.3 is 5.97 Å². The number of hydrogen-bond acceptors (Lipinski definition) is 5. The van der Waals surface area contributed by atoms with Gasteiger partial charge in [0, 0.05) is 53.9 Å². The Balaban J connectivity index is 1.27. The number of rotatable bonds is 8. The van der Waals surface area contributed by atoms with Crippen molar-refractivity contribution in [2.45, 2.75) is 43.6 Å². The molecule has 2 fully saturated rings. The van der Waals surface area contributed by atoms with Gasteiger partial charge in [-0.05, 0) is 79.8 Å². The molecule has 2 aromatic carbocycles. The molecule has 0 bridgehead atoms. The summed E-state index contributed by atoms with van der Waals surface area (Å²) in [6, 6.07) is 14.7. The van der Waals surface area contributed by atoms with E-state index in [9.17, 15) is 14.4 Å². The van der Waals surface area contributed by atoms with Crippen LogP contribution in [0.1, 0.15) is 59.5 Å². The summed E-state index contributed by atoms with van der Waals surface area (Å²) >= 11 is 0. The van der Waals surface area contributed by atoms with E-state index in [1.165, 1.54) is 24.5 Å². The van der Waals surface area contributed by atoms with Crippen molar-refractivity contribution in [2.24, 2.45) is 7.05 Å². The maximum atomic E-state index is 13.8. The molecule has 0 spiro atoms. The van der Waals surface area contributed by atoms with E-state index in [1.807, 2.05) is 37.2 Å². The number of likely N-dealkylation sites (N-methyl/N-ethyl adjacent to an activating group) is 1. The van der Waals surface area contributed by atoms with Gasteiger partial charge in [0.25, 0.3) is 11.8 Å². The molecule has 1 atom stereocenters. The Morgan fingerprint density at radius 2 is 1.81 bits per heavy atom. The summed E-state index contributed by atoms with van der Waals surface area (Å²) in [6.07, 6.45) is 11.2. The van der Waals surface area contributed by atoms with E-state index in [4.69, 9.17) is 9.52 Å². The normalized spacial score (nSPS) is 19.4. The fourth-order valence-corrected chi connectivity index (χ4v) is 6.71. The van der Waals surface area contributed by atoms with Gasteiger partial charge in [-0.1, -0.05) is 31.0 Å². The first kappa shape index (κ1) is 28.5. The van der Waals surface area contributed by atoms with Crippen molar-refractivity contribution in [2.75, 3.05) is 25.5 Å². The summed E-state index contributed by atoms with van der Waals surface area (Å²) in [6.45, 7) is 1.05. The molecule has 9 heteroatoms. The fraction of sp³-hybridized carbons (Fsp3) is 0.324. The van der Waals surface area contributed by atoms with Crippen LogP contribution in [0.2, 0.25) is 0 Å². The summed E-state index contributed by atoms with van der Waals surface area (Å²) in [5.74, 6) is -1.14. The largest absolute Gasteiger partial charge is 0.478 e. The van der Waals surface area contributed by atoms with Crippen LogP contribution >= 0.6 is 0 Å². The third-order valence-corrected chi connectivity index (χ3v) is 8.89. The molecule has 3 N–H and O–H groups in total. The second-order valence-electron chi connectivity index (χ2n) is 11.8. The third-order valence-electron chi connectivity index (χ3n) is 8.89. The molecule has 6 rings (SSSR count). The summed E-state index contributed by atoms with van der Waals surface area (Å²) in [4.78, 5) is 40.3. The lowest BCUT2D eigenvalue weighted by molar-refractivity contribution is -0.131. The second kappa shape index (κ2) is 11.6. The maximum absolute atomic E-state index is 13.8. The number of nitrogens with one attached hydrogen (secondary N) is 2. The summed E-state index contributed by atoms with van der Waals surface area (Å²) in [7, 11) is 3.97. The number of benzene rings is 2. The highest BCUT2D eigenvalue weighted by molar-refractivity contribution is 6.06. The van der Waals surface area contributed by atoms with Gasteiger partial charge in [-0.15, -0.1) is 0 Å². The van der Waals surface area contributed by atoms with Crippen LogP contribution in [0.15, 0.2) is 71.6 Å². The van der Waals surface area contributed by atoms with Crippen molar-refractivity contribution in [1.82, 2.24) is 14.8 Å². The summed E-state index contributed by atoms with van der Waals surface area (Å²) < 4.78 is 7.60. The van der Waals surface area contributed by atoms with Gasteiger partial charge in [0.05, 0.1) is 18.2 Å².